The molecule has 0 heterocycles. The summed E-state index contributed by atoms with van der Waals surface area (Å²) in [5.41, 5.74) is 5.76. The van der Waals surface area contributed by atoms with Crippen molar-refractivity contribution in [2.45, 2.75) is 71.8 Å². The number of carbonyl (C=O) groups is 1. The van der Waals surface area contributed by atoms with E-state index in [9.17, 15) is 4.79 Å². The lowest BCUT2D eigenvalue weighted by Crippen LogP contribution is -2.45. The van der Waals surface area contributed by atoms with Crippen molar-refractivity contribution >= 4 is 5.91 Å². The fourth-order valence-electron chi connectivity index (χ4n) is 3.27. The summed E-state index contributed by atoms with van der Waals surface area (Å²) in [5.74, 6) is 1.36. The number of nitrogens with two attached hydrogens (primary N) is 1. The Morgan fingerprint density at radius 2 is 1.89 bits per heavy atom. The maximum absolute atomic E-state index is 12.3. The summed E-state index contributed by atoms with van der Waals surface area (Å²) < 4.78 is 0. The van der Waals surface area contributed by atoms with E-state index in [0.29, 0.717) is 24.4 Å². The summed E-state index contributed by atoms with van der Waals surface area (Å²) in [7, 11) is 0. The molecule has 0 aromatic heterocycles. The second-order valence-corrected chi connectivity index (χ2v) is 6.48. The van der Waals surface area contributed by atoms with Crippen LogP contribution in [0.1, 0.15) is 65.7 Å². The average Bonchev–Trinajstić information content (AvgIpc) is 2.42. The van der Waals surface area contributed by atoms with Crippen LogP contribution in [-0.2, 0) is 4.79 Å². The Hall–Kier alpha value is -0.570. The summed E-state index contributed by atoms with van der Waals surface area (Å²) in [6.45, 7) is 6.94. The van der Waals surface area contributed by atoms with Gasteiger partial charge >= 0.3 is 0 Å². The second-order valence-electron chi connectivity index (χ2n) is 6.48. The van der Waals surface area contributed by atoms with Crippen LogP contribution in [0.15, 0.2) is 0 Å². The second kappa shape index (κ2) is 8.57. The van der Waals surface area contributed by atoms with Crippen LogP contribution < -0.4 is 11.1 Å². The molecule has 112 valence electrons. The van der Waals surface area contributed by atoms with Crippen molar-refractivity contribution in [3.63, 3.8) is 0 Å². The molecule has 2 atom stereocenters. The Kier molecular flexibility index (Phi) is 7.44. The predicted molar refractivity (Wildman–Crippen MR) is 80.8 cm³/mol. The molecular formula is C16H32N2O. The summed E-state index contributed by atoms with van der Waals surface area (Å²) in [6.07, 6.45) is 8.48. The van der Waals surface area contributed by atoms with E-state index in [2.05, 4.69) is 26.1 Å². The minimum atomic E-state index is -0.0161. The van der Waals surface area contributed by atoms with Crippen molar-refractivity contribution in [1.29, 1.82) is 0 Å². The zero-order valence-electron chi connectivity index (χ0n) is 13.0. The van der Waals surface area contributed by atoms with Gasteiger partial charge < -0.3 is 11.1 Å². The largest absolute Gasteiger partial charge is 0.353 e. The molecule has 1 fully saturated rings. The van der Waals surface area contributed by atoms with Gasteiger partial charge in [-0.1, -0.05) is 40.0 Å². The molecule has 0 aromatic rings. The SMILES string of the molecule is CCC(NC(=O)C(CN)CC(C)C)C1CCCCC1. The van der Waals surface area contributed by atoms with Crippen LogP contribution in [-0.4, -0.2) is 18.5 Å². The molecule has 0 spiro atoms. The number of carbonyl (C=O) groups excluding carboxylic acids is 1. The smallest absolute Gasteiger partial charge is 0.224 e. The number of amides is 1. The standard InChI is InChI=1S/C16H32N2O/c1-4-15(13-8-6-5-7-9-13)18-16(19)14(11-17)10-12(2)3/h12-15H,4-11,17H2,1-3H3,(H,18,19). The fourth-order valence-corrected chi connectivity index (χ4v) is 3.27. The van der Waals surface area contributed by atoms with E-state index in [-0.39, 0.29) is 11.8 Å². The predicted octanol–water partition coefficient (Wildman–Crippen LogP) is 3.08. The molecule has 0 radical (unpaired) electrons. The van der Waals surface area contributed by atoms with Gasteiger partial charge in [0, 0.05) is 12.6 Å². The molecule has 3 heteroatoms. The first-order valence-corrected chi connectivity index (χ1v) is 8.08. The van der Waals surface area contributed by atoms with Gasteiger partial charge in [-0.25, -0.2) is 0 Å². The molecule has 3 nitrogen and oxygen atoms in total. The van der Waals surface area contributed by atoms with Gasteiger partial charge in [-0.3, -0.25) is 4.79 Å². The normalized spacial score (nSPS) is 20.3. The van der Waals surface area contributed by atoms with Gasteiger partial charge in [-0.2, -0.15) is 0 Å². The van der Waals surface area contributed by atoms with Crippen LogP contribution in [0, 0.1) is 17.8 Å². The molecule has 1 amide bonds. The topological polar surface area (TPSA) is 55.1 Å². The van der Waals surface area contributed by atoms with Crippen molar-refractivity contribution in [3.05, 3.63) is 0 Å². The van der Waals surface area contributed by atoms with Crippen molar-refractivity contribution in [1.82, 2.24) is 5.32 Å². The highest BCUT2D eigenvalue weighted by molar-refractivity contribution is 5.79. The number of rotatable bonds is 7. The van der Waals surface area contributed by atoms with Crippen molar-refractivity contribution < 1.29 is 4.79 Å². The highest BCUT2D eigenvalue weighted by Crippen LogP contribution is 2.28. The molecule has 3 N–H and O–H groups in total. The van der Waals surface area contributed by atoms with Gasteiger partial charge in [0.2, 0.25) is 5.91 Å². The lowest BCUT2D eigenvalue weighted by Gasteiger charge is -2.31. The van der Waals surface area contributed by atoms with E-state index in [1.165, 1.54) is 32.1 Å². The lowest BCUT2D eigenvalue weighted by molar-refractivity contribution is -0.126. The Morgan fingerprint density at radius 1 is 1.26 bits per heavy atom. The van der Waals surface area contributed by atoms with Gasteiger partial charge in [0.25, 0.3) is 0 Å². The van der Waals surface area contributed by atoms with Gasteiger partial charge in [0.1, 0.15) is 0 Å². The molecule has 0 aromatic carbocycles. The van der Waals surface area contributed by atoms with Crippen LogP contribution in [0.2, 0.25) is 0 Å². The Bertz CT molecular complexity index is 259. The first-order valence-electron chi connectivity index (χ1n) is 8.08. The first-order chi connectivity index (χ1) is 9.08. The van der Waals surface area contributed by atoms with Crippen LogP contribution in [0.4, 0.5) is 0 Å². The third-order valence-corrected chi connectivity index (χ3v) is 4.40. The molecular weight excluding hydrogens is 236 g/mol. The van der Waals surface area contributed by atoms with E-state index < -0.39 is 0 Å². The molecule has 0 aliphatic heterocycles. The van der Waals surface area contributed by atoms with Crippen molar-refractivity contribution in [2.75, 3.05) is 6.54 Å². The van der Waals surface area contributed by atoms with Crippen molar-refractivity contribution in [2.24, 2.45) is 23.5 Å². The average molecular weight is 268 g/mol. The Balaban J connectivity index is 2.50. The minimum absolute atomic E-state index is 0.0161. The molecule has 1 saturated carbocycles. The maximum atomic E-state index is 12.3. The molecule has 2 unspecified atom stereocenters. The van der Waals surface area contributed by atoms with Crippen LogP contribution in [0.3, 0.4) is 0 Å². The molecule has 1 rings (SSSR count). The van der Waals surface area contributed by atoms with E-state index in [1.807, 2.05) is 0 Å². The van der Waals surface area contributed by atoms with E-state index in [4.69, 9.17) is 5.73 Å². The van der Waals surface area contributed by atoms with Gasteiger partial charge in [-0.05, 0) is 37.5 Å². The van der Waals surface area contributed by atoms with E-state index >= 15 is 0 Å². The van der Waals surface area contributed by atoms with Crippen LogP contribution in [0.25, 0.3) is 0 Å². The maximum Gasteiger partial charge on any atom is 0.224 e. The van der Waals surface area contributed by atoms with Crippen LogP contribution in [0.5, 0.6) is 0 Å². The molecule has 1 aliphatic rings. The van der Waals surface area contributed by atoms with Gasteiger partial charge in [-0.15, -0.1) is 0 Å². The Morgan fingerprint density at radius 3 is 2.37 bits per heavy atom. The minimum Gasteiger partial charge on any atom is -0.353 e. The van der Waals surface area contributed by atoms with E-state index in [1.54, 1.807) is 0 Å². The summed E-state index contributed by atoms with van der Waals surface area (Å²) in [6, 6.07) is 0.356. The number of nitrogens with one attached hydrogen (secondary N) is 1. The van der Waals surface area contributed by atoms with Gasteiger partial charge in [0.15, 0.2) is 0 Å². The summed E-state index contributed by atoms with van der Waals surface area (Å²) in [4.78, 5) is 12.3. The summed E-state index contributed by atoms with van der Waals surface area (Å²) in [5, 5.41) is 3.27. The molecule has 1 aliphatic carbocycles. The van der Waals surface area contributed by atoms with Gasteiger partial charge in [0.05, 0.1) is 5.92 Å². The monoisotopic (exact) mass is 268 g/mol. The Labute approximate surface area is 118 Å². The highest BCUT2D eigenvalue weighted by atomic mass is 16.1. The zero-order valence-corrected chi connectivity index (χ0v) is 13.0. The first kappa shape index (κ1) is 16.5. The lowest BCUT2D eigenvalue weighted by atomic mass is 9.82. The third-order valence-electron chi connectivity index (χ3n) is 4.40. The molecule has 0 saturated heterocycles. The summed E-state index contributed by atoms with van der Waals surface area (Å²) >= 11 is 0. The van der Waals surface area contributed by atoms with Crippen LogP contribution >= 0.6 is 0 Å². The fraction of sp³-hybridized carbons (Fsp3) is 0.938. The van der Waals surface area contributed by atoms with Crippen molar-refractivity contribution in [3.8, 4) is 0 Å². The molecule has 19 heavy (non-hydrogen) atoms. The van der Waals surface area contributed by atoms with E-state index in [0.717, 1.165) is 12.8 Å². The quantitative estimate of drug-likeness (QED) is 0.745. The number of hydrogen-bond acceptors (Lipinski definition) is 2. The molecule has 0 bridgehead atoms. The zero-order chi connectivity index (χ0) is 14.3. The highest BCUT2D eigenvalue weighted by Gasteiger charge is 2.26. The third kappa shape index (κ3) is 5.52. The number of hydrogen-bond donors (Lipinski definition) is 2.